The summed E-state index contributed by atoms with van der Waals surface area (Å²) in [7, 11) is 0. The first-order valence-electron chi connectivity index (χ1n) is 9.45. The Balaban J connectivity index is 1.72. The number of nitrogens with zero attached hydrogens (tertiary/aromatic N) is 2. The fraction of sp³-hybridized carbons (Fsp3) is 0.227. The highest BCUT2D eigenvalue weighted by atomic mass is 32.1. The number of aromatic carboxylic acids is 1. The molecule has 5 rings (SSSR count). The van der Waals surface area contributed by atoms with E-state index in [-0.39, 0.29) is 17.9 Å². The Labute approximate surface area is 170 Å². The van der Waals surface area contributed by atoms with Crippen molar-refractivity contribution in [3.63, 3.8) is 0 Å². The first kappa shape index (κ1) is 17.9. The summed E-state index contributed by atoms with van der Waals surface area (Å²) in [6.07, 6.45) is 2.96. The Morgan fingerprint density at radius 3 is 2.72 bits per heavy atom. The van der Waals surface area contributed by atoms with Crippen LogP contribution in [0.5, 0.6) is 0 Å². The van der Waals surface area contributed by atoms with Gasteiger partial charge in [-0.2, -0.15) is 0 Å². The van der Waals surface area contributed by atoms with E-state index in [1.165, 1.54) is 10.9 Å². The van der Waals surface area contributed by atoms with E-state index in [9.17, 15) is 9.59 Å². The molecule has 0 bridgehead atoms. The lowest BCUT2D eigenvalue weighted by molar-refractivity contribution is 0.0660. The number of hydrogen-bond donors (Lipinski definition) is 1. The SMILES string of the molecule is Cc1ccc(-c2nc3sc4c(c3c(=O)n2Cc2ccc(C(=O)O)o2)CCC4)cc1. The molecule has 0 unspecified atom stereocenters. The molecule has 0 spiro atoms. The smallest absolute Gasteiger partial charge is 0.371 e. The maximum Gasteiger partial charge on any atom is 0.371 e. The molecule has 6 nitrogen and oxygen atoms in total. The molecule has 29 heavy (non-hydrogen) atoms. The zero-order chi connectivity index (χ0) is 20.1. The third kappa shape index (κ3) is 2.98. The van der Waals surface area contributed by atoms with Crippen molar-refractivity contribution >= 4 is 27.5 Å². The summed E-state index contributed by atoms with van der Waals surface area (Å²) < 4.78 is 7.02. The van der Waals surface area contributed by atoms with Crippen LogP contribution >= 0.6 is 11.3 Å². The van der Waals surface area contributed by atoms with E-state index in [0.29, 0.717) is 17.0 Å². The van der Waals surface area contributed by atoms with Crippen LogP contribution in [0.1, 0.15) is 38.7 Å². The summed E-state index contributed by atoms with van der Waals surface area (Å²) in [5.74, 6) is -0.302. The number of fused-ring (bicyclic) bond motifs is 3. The molecule has 0 radical (unpaired) electrons. The fourth-order valence-electron chi connectivity index (χ4n) is 3.88. The normalized spacial score (nSPS) is 13.1. The van der Waals surface area contributed by atoms with Crippen LogP contribution in [0, 0.1) is 6.92 Å². The molecule has 0 saturated heterocycles. The van der Waals surface area contributed by atoms with E-state index in [1.807, 2.05) is 31.2 Å². The molecule has 4 aromatic rings. The number of carboxylic acids is 1. The van der Waals surface area contributed by atoms with Crippen molar-refractivity contribution in [2.45, 2.75) is 32.7 Å². The van der Waals surface area contributed by atoms with Gasteiger partial charge in [0, 0.05) is 10.4 Å². The number of carbonyl (C=O) groups is 1. The zero-order valence-corrected chi connectivity index (χ0v) is 16.6. The van der Waals surface area contributed by atoms with Crippen LogP contribution in [-0.4, -0.2) is 20.6 Å². The molecule has 1 N–H and O–H groups in total. The minimum absolute atomic E-state index is 0.0988. The predicted octanol–water partition coefficient (Wildman–Crippen LogP) is 4.26. The molecule has 1 aliphatic rings. The molecular weight excluding hydrogens is 388 g/mol. The van der Waals surface area contributed by atoms with Crippen LogP contribution in [0.2, 0.25) is 0 Å². The first-order valence-corrected chi connectivity index (χ1v) is 10.3. The monoisotopic (exact) mass is 406 g/mol. The lowest BCUT2D eigenvalue weighted by Crippen LogP contribution is -2.24. The molecule has 3 heterocycles. The van der Waals surface area contributed by atoms with Gasteiger partial charge in [-0.3, -0.25) is 9.36 Å². The summed E-state index contributed by atoms with van der Waals surface area (Å²) in [5.41, 5.74) is 2.99. The van der Waals surface area contributed by atoms with Gasteiger partial charge in [-0.15, -0.1) is 11.3 Å². The topological polar surface area (TPSA) is 85.3 Å². The summed E-state index contributed by atoms with van der Waals surface area (Å²) in [4.78, 5) is 31.6. The third-order valence-corrected chi connectivity index (χ3v) is 6.51. The maximum atomic E-state index is 13.5. The summed E-state index contributed by atoms with van der Waals surface area (Å²) in [5, 5.41) is 9.82. The van der Waals surface area contributed by atoms with Crippen LogP contribution in [0.25, 0.3) is 21.6 Å². The highest BCUT2D eigenvalue weighted by Crippen LogP contribution is 2.35. The average Bonchev–Trinajstić information content (AvgIpc) is 3.40. The number of rotatable bonds is 4. The van der Waals surface area contributed by atoms with Crippen LogP contribution in [0.15, 0.2) is 45.6 Å². The minimum Gasteiger partial charge on any atom is -0.475 e. The van der Waals surface area contributed by atoms with Gasteiger partial charge in [0.2, 0.25) is 5.76 Å². The van der Waals surface area contributed by atoms with E-state index in [1.54, 1.807) is 22.0 Å². The average molecular weight is 406 g/mol. The number of carboxylic acid groups (broad SMARTS) is 1. The van der Waals surface area contributed by atoms with Crippen LogP contribution < -0.4 is 5.56 Å². The van der Waals surface area contributed by atoms with Gasteiger partial charge in [-0.1, -0.05) is 29.8 Å². The highest BCUT2D eigenvalue weighted by molar-refractivity contribution is 7.18. The van der Waals surface area contributed by atoms with Crippen LogP contribution in [-0.2, 0) is 19.4 Å². The van der Waals surface area contributed by atoms with Crippen LogP contribution in [0.3, 0.4) is 0 Å². The molecule has 0 atom stereocenters. The summed E-state index contributed by atoms with van der Waals surface area (Å²) >= 11 is 1.61. The Morgan fingerprint density at radius 1 is 1.21 bits per heavy atom. The molecule has 0 fully saturated rings. The molecule has 0 aliphatic heterocycles. The molecule has 146 valence electrons. The summed E-state index contributed by atoms with van der Waals surface area (Å²) in [6.45, 7) is 2.14. The van der Waals surface area contributed by atoms with Crippen molar-refractivity contribution in [3.05, 3.63) is 74.3 Å². The van der Waals surface area contributed by atoms with E-state index in [2.05, 4.69) is 0 Å². The molecular formula is C22H18N2O4S. The van der Waals surface area contributed by atoms with Crippen molar-refractivity contribution in [2.24, 2.45) is 0 Å². The number of benzene rings is 1. The van der Waals surface area contributed by atoms with Crippen LogP contribution in [0.4, 0.5) is 0 Å². The summed E-state index contributed by atoms with van der Waals surface area (Å²) in [6, 6.07) is 10.9. The Morgan fingerprint density at radius 2 is 2.00 bits per heavy atom. The largest absolute Gasteiger partial charge is 0.475 e. The highest BCUT2D eigenvalue weighted by Gasteiger charge is 2.24. The van der Waals surface area contributed by atoms with Gasteiger partial charge in [0.1, 0.15) is 16.4 Å². The van der Waals surface area contributed by atoms with Gasteiger partial charge in [-0.25, -0.2) is 9.78 Å². The van der Waals surface area contributed by atoms with E-state index < -0.39 is 5.97 Å². The maximum absolute atomic E-state index is 13.5. The Kier molecular flexibility index (Phi) is 4.13. The number of thiophene rings is 1. The van der Waals surface area contributed by atoms with E-state index in [4.69, 9.17) is 14.5 Å². The van der Waals surface area contributed by atoms with Crippen molar-refractivity contribution < 1.29 is 14.3 Å². The standard InChI is InChI=1S/C22H18N2O4S/c1-12-5-7-13(8-6-12)19-23-20-18(15-3-2-4-17(15)29-20)21(25)24(19)11-14-9-10-16(28-14)22(26)27/h5-10H,2-4,11H2,1H3,(H,26,27). The molecule has 1 aromatic carbocycles. The number of aryl methyl sites for hydroxylation is 3. The van der Waals surface area contributed by atoms with Gasteiger partial charge in [0.15, 0.2) is 0 Å². The van der Waals surface area contributed by atoms with Gasteiger partial charge in [-0.05, 0) is 43.9 Å². The van der Waals surface area contributed by atoms with Gasteiger partial charge in [0.05, 0.1) is 11.9 Å². The molecule has 0 amide bonds. The second kappa shape index (κ2) is 6.70. The second-order valence-corrected chi connectivity index (χ2v) is 8.38. The molecule has 7 heteroatoms. The van der Waals surface area contributed by atoms with Crippen molar-refractivity contribution in [3.8, 4) is 11.4 Å². The number of aromatic nitrogens is 2. The lowest BCUT2D eigenvalue weighted by Gasteiger charge is -2.12. The van der Waals surface area contributed by atoms with Gasteiger partial charge < -0.3 is 9.52 Å². The minimum atomic E-state index is -1.13. The second-order valence-electron chi connectivity index (χ2n) is 7.30. The van der Waals surface area contributed by atoms with Gasteiger partial charge in [0.25, 0.3) is 5.56 Å². The molecule has 3 aromatic heterocycles. The van der Waals surface area contributed by atoms with E-state index in [0.717, 1.165) is 40.8 Å². The van der Waals surface area contributed by atoms with Gasteiger partial charge >= 0.3 is 5.97 Å². The predicted molar refractivity (Wildman–Crippen MR) is 111 cm³/mol. The Bertz CT molecular complexity index is 1310. The Hall–Kier alpha value is -3.19. The lowest BCUT2D eigenvalue weighted by atomic mass is 10.1. The van der Waals surface area contributed by atoms with E-state index >= 15 is 0 Å². The fourth-order valence-corrected chi connectivity index (χ4v) is 5.13. The van der Waals surface area contributed by atoms with Crippen molar-refractivity contribution in [1.82, 2.24) is 9.55 Å². The molecule has 1 aliphatic carbocycles. The first-order chi connectivity index (χ1) is 14.0. The third-order valence-electron chi connectivity index (χ3n) is 5.32. The van der Waals surface area contributed by atoms with Crippen molar-refractivity contribution in [2.75, 3.05) is 0 Å². The zero-order valence-electron chi connectivity index (χ0n) is 15.8. The quantitative estimate of drug-likeness (QED) is 0.547. The number of hydrogen-bond acceptors (Lipinski definition) is 5. The van der Waals surface area contributed by atoms with Crippen molar-refractivity contribution in [1.29, 1.82) is 0 Å². The molecule has 0 saturated carbocycles. The number of furan rings is 1.